The van der Waals surface area contributed by atoms with E-state index in [0.29, 0.717) is 27.0 Å². The van der Waals surface area contributed by atoms with Crippen molar-refractivity contribution >= 4 is 25.5 Å². The van der Waals surface area contributed by atoms with Gasteiger partial charge in [-0.15, -0.1) is 0 Å². The zero-order valence-electron chi connectivity index (χ0n) is 8.80. The van der Waals surface area contributed by atoms with Crippen molar-refractivity contribution in [2.24, 2.45) is 0 Å². The molecular formula is C11H13ClN2OSe. The second kappa shape index (κ2) is 4.74. The van der Waals surface area contributed by atoms with Crippen molar-refractivity contribution in [3.05, 3.63) is 24.4 Å². The SMILES string of the molecule is O=C1CCCN1C1C[Se]c2cccc[n+]21.[Cl-]. The van der Waals surface area contributed by atoms with Crippen LogP contribution in [0, 0.1) is 0 Å². The number of nitrogens with zero attached hydrogens (tertiary/aromatic N) is 2. The van der Waals surface area contributed by atoms with Crippen LogP contribution < -0.4 is 21.6 Å². The normalized spacial score (nSPS) is 23.1. The Balaban J connectivity index is 0.000000963. The van der Waals surface area contributed by atoms with Crippen LogP contribution in [0.15, 0.2) is 24.4 Å². The molecule has 0 aromatic carbocycles. The van der Waals surface area contributed by atoms with Gasteiger partial charge in [0.2, 0.25) is 0 Å². The zero-order chi connectivity index (χ0) is 10.3. The van der Waals surface area contributed by atoms with E-state index >= 15 is 0 Å². The fourth-order valence-electron chi connectivity index (χ4n) is 2.27. The first-order chi connectivity index (χ1) is 7.36. The van der Waals surface area contributed by atoms with E-state index < -0.39 is 0 Å². The fourth-order valence-corrected chi connectivity index (χ4v) is 4.72. The molecule has 5 heteroatoms. The Kier molecular flexibility index (Phi) is 3.53. The van der Waals surface area contributed by atoms with Gasteiger partial charge in [-0.25, -0.2) is 0 Å². The van der Waals surface area contributed by atoms with E-state index in [0.717, 1.165) is 24.7 Å². The average molecular weight is 304 g/mol. The van der Waals surface area contributed by atoms with E-state index in [1.54, 1.807) is 0 Å². The van der Waals surface area contributed by atoms with Gasteiger partial charge in [0.05, 0.1) is 0 Å². The Morgan fingerprint density at radius 1 is 1.44 bits per heavy atom. The first kappa shape index (κ1) is 11.9. The van der Waals surface area contributed by atoms with Crippen molar-refractivity contribution in [3.8, 4) is 0 Å². The van der Waals surface area contributed by atoms with Crippen molar-refractivity contribution in [2.75, 3.05) is 6.54 Å². The van der Waals surface area contributed by atoms with Crippen LogP contribution in [0.2, 0.25) is 5.32 Å². The van der Waals surface area contributed by atoms with Crippen molar-refractivity contribution in [1.29, 1.82) is 0 Å². The molecule has 0 N–H and O–H groups in total. The second-order valence-corrected chi connectivity index (χ2v) is 6.11. The summed E-state index contributed by atoms with van der Waals surface area (Å²) in [6.45, 7) is 0.945. The number of fused-ring (bicyclic) bond motifs is 1. The third-order valence-electron chi connectivity index (χ3n) is 3.02. The van der Waals surface area contributed by atoms with Crippen LogP contribution in [-0.4, -0.2) is 32.3 Å². The molecule has 1 unspecified atom stereocenters. The number of hydrogen-bond donors (Lipinski definition) is 0. The van der Waals surface area contributed by atoms with Gasteiger partial charge in [-0.05, 0) is 0 Å². The Morgan fingerprint density at radius 3 is 3.06 bits per heavy atom. The number of halogens is 1. The molecule has 1 aromatic heterocycles. The summed E-state index contributed by atoms with van der Waals surface area (Å²) in [5, 5.41) is 1.14. The van der Waals surface area contributed by atoms with Crippen LogP contribution in [0.3, 0.4) is 0 Å². The van der Waals surface area contributed by atoms with Crippen molar-refractivity contribution in [3.63, 3.8) is 0 Å². The minimum absolute atomic E-state index is 0. The summed E-state index contributed by atoms with van der Waals surface area (Å²) in [7, 11) is 0. The molecule has 2 aliphatic rings. The predicted octanol–water partition coefficient (Wildman–Crippen LogP) is -3.14. The average Bonchev–Trinajstić information content (AvgIpc) is 2.83. The van der Waals surface area contributed by atoms with Gasteiger partial charge in [-0.1, -0.05) is 0 Å². The van der Waals surface area contributed by atoms with Gasteiger partial charge in [-0.3, -0.25) is 0 Å². The smallest absolute Gasteiger partial charge is 1.00 e. The largest absolute Gasteiger partial charge is 1.00 e. The number of aromatic nitrogens is 1. The number of pyridine rings is 1. The molecule has 1 fully saturated rings. The van der Waals surface area contributed by atoms with Gasteiger partial charge in [0.25, 0.3) is 0 Å². The molecule has 0 radical (unpaired) electrons. The molecule has 1 atom stereocenters. The van der Waals surface area contributed by atoms with Crippen LogP contribution in [0.5, 0.6) is 0 Å². The molecule has 0 aliphatic carbocycles. The minimum Gasteiger partial charge on any atom is -1.00 e. The third-order valence-corrected chi connectivity index (χ3v) is 5.35. The van der Waals surface area contributed by atoms with Crippen molar-refractivity contribution in [2.45, 2.75) is 24.3 Å². The molecule has 0 saturated carbocycles. The predicted molar refractivity (Wildman–Crippen MR) is 56.8 cm³/mol. The van der Waals surface area contributed by atoms with Crippen LogP contribution in [-0.2, 0) is 4.79 Å². The molecule has 3 rings (SSSR count). The van der Waals surface area contributed by atoms with E-state index in [9.17, 15) is 4.79 Å². The van der Waals surface area contributed by atoms with Gasteiger partial charge in [0.15, 0.2) is 0 Å². The molecule has 1 saturated heterocycles. The molecule has 2 aliphatic heterocycles. The maximum absolute atomic E-state index is 11.7. The second-order valence-electron chi connectivity index (χ2n) is 3.93. The van der Waals surface area contributed by atoms with Gasteiger partial charge in [0, 0.05) is 0 Å². The first-order valence-electron chi connectivity index (χ1n) is 5.29. The van der Waals surface area contributed by atoms with Crippen molar-refractivity contribution < 1.29 is 21.8 Å². The summed E-state index contributed by atoms with van der Waals surface area (Å²) in [5.74, 6) is 0.333. The third kappa shape index (κ3) is 1.86. The monoisotopic (exact) mass is 304 g/mol. The van der Waals surface area contributed by atoms with E-state index in [2.05, 4.69) is 33.9 Å². The van der Waals surface area contributed by atoms with E-state index in [-0.39, 0.29) is 12.4 Å². The standard InChI is InChI=1S/C11H13N2OSe.ClH/c14-10-4-3-7-12(10)9-8-15-11-5-1-2-6-13(9)11;/h1-2,5-6,9H,3-4,7-8H2;1H/q+1;/p-1. The molecule has 1 amide bonds. The number of rotatable bonds is 1. The molecule has 3 nitrogen and oxygen atoms in total. The Hall–Kier alpha value is -0.571. The van der Waals surface area contributed by atoms with Gasteiger partial charge in [0.1, 0.15) is 0 Å². The molecule has 1 aromatic rings. The van der Waals surface area contributed by atoms with Crippen LogP contribution >= 0.6 is 0 Å². The summed E-state index contributed by atoms with van der Waals surface area (Å²) in [5.41, 5.74) is 0. The number of likely N-dealkylation sites (tertiary alicyclic amines) is 1. The van der Waals surface area contributed by atoms with Gasteiger partial charge < -0.3 is 12.4 Å². The summed E-state index contributed by atoms with van der Waals surface area (Å²) < 4.78 is 3.69. The zero-order valence-corrected chi connectivity index (χ0v) is 11.3. The Bertz CT molecular complexity index is 413. The number of amides is 1. The summed E-state index contributed by atoms with van der Waals surface area (Å²) >= 11 is 0.537. The number of hydrogen-bond acceptors (Lipinski definition) is 1. The molecule has 0 spiro atoms. The topological polar surface area (TPSA) is 24.2 Å². The number of carbonyl (C=O) groups is 1. The maximum atomic E-state index is 11.7. The van der Waals surface area contributed by atoms with E-state index in [1.807, 2.05) is 0 Å². The minimum atomic E-state index is 0. The molecular weight excluding hydrogens is 291 g/mol. The molecule has 0 bridgehead atoms. The van der Waals surface area contributed by atoms with Crippen LogP contribution in [0.4, 0.5) is 0 Å². The summed E-state index contributed by atoms with van der Waals surface area (Å²) in [4.78, 5) is 13.7. The van der Waals surface area contributed by atoms with Crippen LogP contribution in [0.25, 0.3) is 0 Å². The van der Waals surface area contributed by atoms with E-state index in [4.69, 9.17) is 0 Å². The molecule has 16 heavy (non-hydrogen) atoms. The summed E-state index contributed by atoms with van der Waals surface area (Å²) in [6.07, 6.45) is 4.20. The van der Waals surface area contributed by atoms with Gasteiger partial charge in [-0.2, -0.15) is 0 Å². The van der Waals surface area contributed by atoms with Gasteiger partial charge >= 0.3 is 95.0 Å². The molecule has 3 heterocycles. The molecule has 86 valence electrons. The Labute approximate surface area is 107 Å². The number of carbonyl (C=O) groups excluding carboxylic acids is 1. The van der Waals surface area contributed by atoms with Crippen molar-refractivity contribution in [1.82, 2.24) is 4.90 Å². The first-order valence-corrected chi connectivity index (χ1v) is 7.35. The quantitative estimate of drug-likeness (QED) is 0.397. The maximum Gasteiger partial charge on any atom is -1.00 e. The Morgan fingerprint density at radius 2 is 2.31 bits per heavy atom. The van der Waals surface area contributed by atoms with Crippen LogP contribution in [0.1, 0.15) is 19.0 Å². The fraction of sp³-hybridized carbons (Fsp3) is 0.455. The van der Waals surface area contributed by atoms with E-state index in [1.165, 1.54) is 4.59 Å². The summed E-state index contributed by atoms with van der Waals surface area (Å²) in [6, 6.07) is 6.32.